The fourth-order valence-corrected chi connectivity index (χ4v) is 2.01. The molecule has 0 spiro atoms. The molecule has 0 fully saturated rings. The zero-order chi connectivity index (χ0) is 12.5. The van der Waals surface area contributed by atoms with Crippen molar-refractivity contribution in [2.45, 2.75) is 4.90 Å². The summed E-state index contributed by atoms with van der Waals surface area (Å²) in [7, 11) is -4.09. The van der Waals surface area contributed by atoms with Crippen molar-refractivity contribution >= 4 is 27.1 Å². The Morgan fingerprint density at radius 1 is 1.50 bits per heavy atom. The molecule has 5 nitrogen and oxygen atoms in total. The predicted octanol–water partition coefficient (Wildman–Crippen LogP) is 2.30. The topological polar surface area (TPSA) is 77.3 Å². The Labute approximate surface area is 95.2 Å². The average Bonchev–Trinajstić information content (AvgIpc) is 2.21. The summed E-state index contributed by atoms with van der Waals surface area (Å²) in [5.41, 5.74) is -0.786. The molecule has 0 amide bonds. The van der Waals surface area contributed by atoms with Crippen LogP contribution in [0.4, 0.5) is 10.1 Å². The minimum absolute atomic E-state index is 0.498. The highest BCUT2D eigenvalue weighted by molar-refractivity contribution is 7.94. The van der Waals surface area contributed by atoms with Gasteiger partial charge in [-0.15, -0.1) is 0 Å². The minimum Gasteiger partial charge on any atom is -0.258 e. The number of nitro benzene ring substituents is 1. The first-order valence-corrected chi connectivity index (χ1v) is 5.73. The van der Waals surface area contributed by atoms with Gasteiger partial charge in [-0.1, -0.05) is 18.2 Å². The predicted molar refractivity (Wildman–Crippen MR) is 55.4 cm³/mol. The lowest BCUT2D eigenvalue weighted by atomic mass is 10.3. The SMILES string of the molecule is C=CS(=O)(=O)c1cc(F)c(Cl)cc1[N+](=O)[O-]. The normalized spacial score (nSPS) is 11.1. The average molecular weight is 266 g/mol. The van der Waals surface area contributed by atoms with Crippen LogP contribution in [0.5, 0.6) is 0 Å². The molecular weight excluding hydrogens is 261 g/mol. The van der Waals surface area contributed by atoms with Gasteiger partial charge in [0.15, 0.2) is 4.90 Å². The first-order chi connectivity index (χ1) is 7.29. The largest absolute Gasteiger partial charge is 0.290 e. The van der Waals surface area contributed by atoms with Gasteiger partial charge in [-0.25, -0.2) is 12.8 Å². The zero-order valence-electron chi connectivity index (χ0n) is 7.68. The van der Waals surface area contributed by atoms with E-state index in [1.54, 1.807) is 0 Å². The van der Waals surface area contributed by atoms with Gasteiger partial charge in [-0.3, -0.25) is 10.1 Å². The van der Waals surface area contributed by atoms with E-state index in [4.69, 9.17) is 11.6 Å². The van der Waals surface area contributed by atoms with Gasteiger partial charge in [0.2, 0.25) is 9.84 Å². The third-order valence-electron chi connectivity index (χ3n) is 1.72. The molecule has 0 radical (unpaired) electrons. The molecule has 0 aliphatic rings. The van der Waals surface area contributed by atoms with Gasteiger partial charge in [0.25, 0.3) is 5.69 Å². The number of benzene rings is 1. The number of hydrogen-bond donors (Lipinski definition) is 0. The summed E-state index contributed by atoms with van der Waals surface area (Å²) in [5, 5.41) is 10.6. The van der Waals surface area contributed by atoms with Crippen molar-refractivity contribution < 1.29 is 17.7 Å². The van der Waals surface area contributed by atoms with Crippen LogP contribution in [0.25, 0.3) is 0 Å². The second kappa shape index (κ2) is 4.18. The van der Waals surface area contributed by atoms with E-state index in [0.29, 0.717) is 17.5 Å². The van der Waals surface area contributed by atoms with Crippen LogP contribution in [0.2, 0.25) is 5.02 Å². The lowest BCUT2D eigenvalue weighted by molar-refractivity contribution is -0.387. The zero-order valence-corrected chi connectivity index (χ0v) is 9.26. The van der Waals surface area contributed by atoms with Crippen LogP contribution in [-0.4, -0.2) is 13.3 Å². The van der Waals surface area contributed by atoms with E-state index in [9.17, 15) is 22.9 Å². The molecule has 0 saturated heterocycles. The molecule has 0 unspecified atom stereocenters. The number of halogens is 2. The van der Waals surface area contributed by atoms with Gasteiger partial charge in [0.05, 0.1) is 9.95 Å². The highest BCUT2D eigenvalue weighted by Crippen LogP contribution is 2.30. The summed E-state index contributed by atoms with van der Waals surface area (Å²) in [6, 6.07) is 1.14. The number of hydrogen-bond acceptors (Lipinski definition) is 4. The van der Waals surface area contributed by atoms with Crippen molar-refractivity contribution in [3.63, 3.8) is 0 Å². The molecule has 0 aliphatic carbocycles. The second-order valence-corrected chi connectivity index (χ2v) is 4.97. The summed E-state index contributed by atoms with van der Waals surface area (Å²) < 4.78 is 35.8. The summed E-state index contributed by atoms with van der Waals surface area (Å²) in [4.78, 5) is 8.85. The van der Waals surface area contributed by atoms with Gasteiger partial charge in [-0.2, -0.15) is 0 Å². The van der Waals surface area contributed by atoms with E-state index < -0.39 is 36.2 Å². The maximum atomic E-state index is 13.0. The van der Waals surface area contributed by atoms with Crippen LogP contribution >= 0.6 is 11.6 Å². The second-order valence-electron chi connectivity index (χ2n) is 2.70. The van der Waals surface area contributed by atoms with E-state index in [2.05, 4.69) is 6.58 Å². The van der Waals surface area contributed by atoms with Crippen LogP contribution in [0, 0.1) is 15.9 Å². The van der Waals surface area contributed by atoms with Gasteiger partial charge in [-0.05, 0) is 0 Å². The molecular formula is C8H5ClFNO4S. The molecule has 0 heterocycles. The first-order valence-electron chi connectivity index (χ1n) is 3.80. The summed E-state index contributed by atoms with van der Waals surface area (Å²) >= 11 is 5.32. The Balaban J connectivity index is 3.68. The summed E-state index contributed by atoms with van der Waals surface area (Å²) in [6.45, 7) is 3.00. The molecule has 0 saturated carbocycles. The van der Waals surface area contributed by atoms with Gasteiger partial charge in [0.1, 0.15) is 5.82 Å². The quantitative estimate of drug-likeness (QED) is 0.621. The highest BCUT2D eigenvalue weighted by Gasteiger charge is 2.25. The number of rotatable bonds is 3. The van der Waals surface area contributed by atoms with Gasteiger partial charge >= 0.3 is 0 Å². The lowest BCUT2D eigenvalue weighted by Gasteiger charge is -2.02. The maximum Gasteiger partial charge on any atom is 0.290 e. The number of nitro groups is 1. The van der Waals surface area contributed by atoms with Crippen molar-refractivity contribution in [1.29, 1.82) is 0 Å². The molecule has 1 aromatic rings. The van der Waals surface area contributed by atoms with Crippen molar-refractivity contribution in [2.24, 2.45) is 0 Å². The highest BCUT2D eigenvalue weighted by atomic mass is 35.5. The molecule has 0 aliphatic heterocycles. The van der Waals surface area contributed by atoms with Crippen molar-refractivity contribution in [1.82, 2.24) is 0 Å². The van der Waals surface area contributed by atoms with Crippen LogP contribution in [0.1, 0.15) is 0 Å². The molecule has 0 atom stereocenters. The van der Waals surface area contributed by atoms with Gasteiger partial charge < -0.3 is 0 Å². The molecule has 86 valence electrons. The Morgan fingerprint density at radius 3 is 2.50 bits per heavy atom. The van der Waals surface area contributed by atoms with E-state index >= 15 is 0 Å². The molecule has 16 heavy (non-hydrogen) atoms. The Kier molecular flexibility index (Phi) is 3.30. The standard InChI is InChI=1S/C8H5ClFNO4S/c1-2-16(14,15)8-4-6(10)5(9)3-7(8)11(12)13/h2-4H,1H2. The molecule has 0 N–H and O–H groups in total. The molecule has 1 rings (SSSR count). The fraction of sp³-hybridized carbons (Fsp3) is 0. The van der Waals surface area contributed by atoms with E-state index in [0.717, 1.165) is 0 Å². The minimum atomic E-state index is -4.09. The molecule has 0 bridgehead atoms. The Hall–Kier alpha value is -1.47. The van der Waals surface area contributed by atoms with Crippen LogP contribution in [0.15, 0.2) is 29.0 Å². The lowest BCUT2D eigenvalue weighted by Crippen LogP contribution is -2.02. The fourth-order valence-electron chi connectivity index (χ4n) is 0.978. The van der Waals surface area contributed by atoms with Crippen LogP contribution in [-0.2, 0) is 9.84 Å². The smallest absolute Gasteiger partial charge is 0.258 e. The van der Waals surface area contributed by atoms with E-state index in [1.165, 1.54) is 0 Å². The number of sulfone groups is 1. The van der Waals surface area contributed by atoms with E-state index in [-0.39, 0.29) is 0 Å². The summed E-state index contributed by atoms with van der Waals surface area (Å²) in [6.07, 6.45) is 0. The number of nitrogens with zero attached hydrogens (tertiary/aromatic N) is 1. The Bertz CT molecular complexity index is 570. The van der Waals surface area contributed by atoms with Gasteiger partial charge in [0, 0.05) is 17.5 Å². The molecule has 1 aromatic carbocycles. The van der Waals surface area contributed by atoms with Crippen molar-refractivity contribution in [3.05, 3.63) is 45.1 Å². The van der Waals surface area contributed by atoms with Crippen molar-refractivity contribution in [3.8, 4) is 0 Å². The van der Waals surface area contributed by atoms with Crippen LogP contribution < -0.4 is 0 Å². The first kappa shape index (κ1) is 12.6. The molecule has 8 heteroatoms. The molecule has 0 aromatic heterocycles. The van der Waals surface area contributed by atoms with E-state index in [1.807, 2.05) is 0 Å². The monoisotopic (exact) mass is 265 g/mol. The third-order valence-corrected chi connectivity index (χ3v) is 3.39. The Morgan fingerprint density at radius 2 is 2.06 bits per heavy atom. The van der Waals surface area contributed by atoms with Crippen molar-refractivity contribution in [2.75, 3.05) is 0 Å². The maximum absolute atomic E-state index is 13.0. The third kappa shape index (κ3) is 2.20. The summed E-state index contributed by atoms with van der Waals surface area (Å²) in [5.74, 6) is -1.05. The van der Waals surface area contributed by atoms with Crippen LogP contribution in [0.3, 0.4) is 0 Å².